The summed E-state index contributed by atoms with van der Waals surface area (Å²) in [6.45, 7) is 2.65. The molecule has 5 nitrogen and oxygen atoms in total. The zero-order valence-electron chi connectivity index (χ0n) is 13.7. The molecule has 0 aliphatic heterocycles. The molecule has 1 fully saturated rings. The Bertz CT molecular complexity index is 553. The van der Waals surface area contributed by atoms with Gasteiger partial charge in [0.05, 0.1) is 13.2 Å². The van der Waals surface area contributed by atoms with Gasteiger partial charge in [-0.15, -0.1) is 0 Å². The Kier molecular flexibility index (Phi) is 5.82. The Morgan fingerprint density at radius 3 is 2.87 bits per heavy atom. The van der Waals surface area contributed by atoms with E-state index in [-0.39, 0.29) is 29.8 Å². The average molecular weight is 324 g/mol. The van der Waals surface area contributed by atoms with Crippen molar-refractivity contribution < 1.29 is 19.0 Å². The van der Waals surface area contributed by atoms with Gasteiger partial charge in [0.2, 0.25) is 0 Å². The quantitative estimate of drug-likeness (QED) is 0.779. The first kappa shape index (κ1) is 17.5. The van der Waals surface area contributed by atoms with Crippen LogP contribution in [0, 0.1) is 11.2 Å². The Hall–Kier alpha value is -1.82. The molecule has 1 saturated carbocycles. The summed E-state index contributed by atoms with van der Waals surface area (Å²) in [6, 6.07) is 4.25. The molecular formula is C17H25FN2O3. The first-order valence-electron chi connectivity index (χ1n) is 7.97. The van der Waals surface area contributed by atoms with Crippen molar-refractivity contribution in [1.29, 1.82) is 0 Å². The molecule has 0 saturated heterocycles. The van der Waals surface area contributed by atoms with Crippen LogP contribution < -0.4 is 15.4 Å². The van der Waals surface area contributed by atoms with Crippen molar-refractivity contribution in [3.05, 3.63) is 29.6 Å². The van der Waals surface area contributed by atoms with E-state index in [2.05, 4.69) is 10.6 Å². The highest BCUT2D eigenvalue weighted by molar-refractivity contribution is 5.73. The van der Waals surface area contributed by atoms with E-state index in [1.54, 1.807) is 6.07 Å². The third-order valence-electron chi connectivity index (χ3n) is 4.60. The largest absolute Gasteiger partial charge is 0.494 e. The van der Waals surface area contributed by atoms with Crippen molar-refractivity contribution in [2.45, 2.75) is 45.3 Å². The number of aliphatic hydroxyl groups is 1. The predicted octanol–water partition coefficient (Wildman–Crippen LogP) is 2.57. The molecule has 1 aromatic carbocycles. The van der Waals surface area contributed by atoms with E-state index in [1.165, 1.54) is 19.2 Å². The van der Waals surface area contributed by atoms with Crippen LogP contribution in [0.5, 0.6) is 5.75 Å². The highest BCUT2D eigenvalue weighted by atomic mass is 19.1. The maximum Gasteiger partial charge on any atom is 0.315 e. The topological polar surface area (TPSA) is 70.6 Å². The van der Waals surface area contributed by atoms with Crippen LogP contribution in [0.4, 0.5) is 9.18 Å². The average Bonchev–Trinajstić information content (AvgIpc) is 2.54. The third-order valence-corrected chi connectivity index (χ3v) is 4.60. The first-order chi connectivity index (χ1) is 10.9. The van der Waals surface area contributed by atoms with Crippen LogP contribution in [-0.4, -0.2) is 30.9 Å². The number of carbonyl (C=O) groups is 1. The second-order valence-electron chi connectivity index (χ2n) is 6.42. The summed E-state index contributed by atoms with van der Waals surface area (Å²) in [6.07, 6.45) is 3.41. The highest BCUT2D eigenvalue weighted by Gasteiger charge is 2.35. The number of rotatable bonds is 5. The van der Waals surface area contributed by atoms with E-state index >= 15 is 0 Å². The fourth-order valence-corrected chi connectivity index (χ4v) is 2.93. The normalized spacial score (nSPS) is 24.1. The molecule has 1 aliphatic rings. The Balaban J connectivity index is 1.80. The molecule has 0 radical (unpaired) electrons. The van der Waals surface area contributed by atoms with Crippen molar-refractivity contribution in [2.75, 3.05) is 13.7 Å². The monoisotopic (exact) mass is 324 g/mol. The second-order valence-corrected chi connectivity index (χ2v) is 6.42. The van der Waals surface area contributed by atoms with E-state index in [4.69, 9.17) is 4.74 Å². The third kappa shape index (κ3) is 4.58. The van der Waals surface area contributed by atoms with Crippen LogP contribution in [0.3, 0.4) is 0 Å². The van der Waals surface area contributed by atoms with Crippen molar-refractivity contribution in [1.82, 2.24) is 10.6 Å². The lowest BCUT2D eigenvalue weighted by molar-refractivity contribution is 0.00309. The fraction of sp³-hybridized carbons (Fsp3) is 0.588. The van der Waals surface area contributed by atoms with Crippen LogP contribution in [0.25, 0.3) is 0 Å². The molecule has 3 N–H and O–H groups in total. The van der Waals surface area contributed by atoms with Crippen LogP contribution in [0.1, 0.15) is 38.2 Å². The molecule has 0 bridgehead atoms. The summed E-state index contributed by atoms with van der Waals surface area (Å²) < 4.78 is 18.4. The van der Waals surface area contributed by atoms with Gasteiger partial charge in [0.25, 0.3) is 0 Å². The lowest BCUT2D eigenvalue weighted by Crippen LogP contribution is -2.47. The van der Waals surface area contributed by atoms with E-state index in [0.717, 1.165) is 25.7 Å². The maximum absolute atomic E-state index is 13.6. The van der Waals surface area contributed by atoms with Gasteiger partial charge in [-0.2, -0.15) is 0 Å². The number of amides is 2. The predicted molar refractivity (Wildman–Crippen MR) is 85.8 cm³/mol. The summed E-state index contributed by atoms with van der Waals surface area (Å²) >= 11 is 0. The van der Waals surface area contributed by atoms with Gasteiger partial charge in [0.15, 0.2) is 11.6 Å². The molecule has 0 aromatic heterocycles. The smallest absolute Gasteiger partial charge is 0.315 e. The van der Waals surface area contributed by atoms with Gasteiger partial charge in [-0.05, 0) is 30.5 Å². The number of nitrogens with one attached hydrogen (secondary N) is 2. The number of hydrogen-bond donors (Lipinski definition) is 3. The minimum atomic E-state index is -0.454. The van der Waals surface area contributed by atoms with Gasteiger partial charge in [-0.25, -0.2) is 9.18 Å². The Labute approximate surface area is 136 Å². The zero-order chi connectivity index (χ0) is 16.9. The second kappa shape index (κ2) is 7.64. The SMILES string of the molecule is COc1ccc(CNC(=O)NCC2(C)CCCCC2O)cc1F. The van der Waals surface area contributed by atoms with Crippen LogP contribution in [0.15, 0.2) is 18.2 Å². The van der Waals surface area contributed by atoms with Gasteiger partial charge in [-0.3, -0.25) is 0 Å². The Morgan fingerprint density at radius 1 is 1.43 bits per heavy atom. The van der Waals surface area contributed by atoms with E-state index in [1.807, 2.05) is 6.92 Å². The van der Waals surface area contributed by atoms with Gasteiger partial charge in [0.1, 0.15) is 0 Å². The number of halogens is 1. The minimum absolute atomic E-state index is 0.178. The highest BCUT2D eigenvalue weighted by Crippen LogP contribution is 2.35. The molecule has 2 unspecified atom stereocenters. The lowest BCUT2D eigenvalue weighted by Gasteiger charge is -2.38. The van der Waals surface area contributed by atoms with E-state index in [9.17, 15) is 14.3 Å². The van der Waals surface area contributed by atoms with Crippen molar-refractivity contribution in [3.63, 3.8) is 0 Å². The summed E-state index contributed by atoms with van der Waals surface area (Å²) in [5.74, 6) is -0.276. The number of benzene rings is 1. The number of ether oxygens (including phenoxy) is 1. The number of methoxy groups -OCH3 is 1. The fourth-order valence-electron chi connectivity index (χ4n) is 2.93. The maximum atomic E-state index is 13.6. The van der Waals surface area contributed by atoms with Crippen molar-refractivity contribution in [2.24, 2.45) is 5.41 Å². The zero-order valence-corrected chi connectivity index (χ0v) is 13.7. The molecule has 6 heteroatoms. The molecule has 0 spiro atoms. The number of urea groups is 1. The van der Waals surface area contributed by atoms with Crippen LogP contribution >= 0.6 is 0 Å². The van der Waals surface area contributed by atoms with Gasteiger partial charge < -0.3 is 20.5 Å². The molecule has 0 heterocycles. The summed E-state index contributed by atoms with van der Waals surface area (Å²) in [7, 11) is 1.41. The molecular weight excluding hydrogens is 299 g/mol. The van der Waals surface area contributed by atoms with E-state index < -0.39 is 5.82 Å². The van der Waals surface area contributed by atoms with Gasteiger partial charge in [0, 0.05) is 18.5 Å². The lowest BCUT2D eigenvalue weighted by atomic mass is 9.73. The molecule has 23 heavy (non-hydrogen) atoms. The number of aliphatic hydroxyl groups excluding tert-OH is 1. The van der Waals surface area contributed by atoms with Crippen LogP contribution in [0.2, 0.25) is 0 Å². The van der Waals surface area contributed by atoms with Gasteiger partial charge >= 0.3 is 6.03 Å². The standard InChI is InChI=1S/C17H25FN2O3/c1-17(8-4-3-5-15(17)21)11-20-16(22)19-10-12-6-7-14(23-2)13(18)9-12/h6-7,9,15,21H,3-5,8,10-11H2,1-2H3,(H2,19,20,22). The molecule has 2 atom stereocenters. The van der Waals surface area contributed by atoms with Crippen LogP contribution in [-0.2, 0) is 6.54 Å². The molecule has 128 valence electrons. The van der Waals surface area contributed by atoms with E-state index in [0.29, 0.717) is 12.1 Å². The Morgan fingerprint density at radius 2 is 2.22 bits per heavy atom. The first-order valence-corrected chi connectivity index (χ1v) is 7.97. The number of hydrogen-bond acceptors (Lipinski definition) is 3. The molecule has 2 amide bonds. The van der Waals surface area contributed by atoms with Crippen molar-refractivity contribution >= 4 is 6.03 Å². The summed E-state index contributed by atoms with van der Waals surface area (Å²) in [5, 5.41) is 15.6. The minimum Gasteiger partial charge on any atom is -0.494 e. The number of carbonyl (C=O) groups excluding carboxylic acids is 1. The molecule has 1 aliphatic carbocycles. The summed E-state index contributed by atoms with van der Waals surface area (Å²) in [4.78, 5) is 11.9. The van der Waals surface area contributed by atoms with Gasteiger partial charge in [-0.1, -0.05) is 25.8 Å². The van der Waals surface area contributed by atoms with Crippen molar-refractivity contribution in [3.8, 4) is 5.75 Å². The molecule has 1 aromatic rings. The molecule has 2 rings (SSSR count). The summed E-state index contributed by atoms with van der Waals surface area (Å²) in [5.41, 5.74) is 0.379.